The number of hydrogen-bond donors (Lipinski definition) is 2. The Labute approximate surface area is 115 Å². The van der Waals surface area contributed by atoms with E-state index in [2.05, 4.69) is 16.0 Å². The Kier molecular flexibility index (Phi) is 2.23. The number of anilines is 1. The molecule has 0 amide bonds. The second kappa shape index (κ2) is 3.84. The molecule has 3 aromatic rings. The summed E-state index contributed by atoms with van der Waals surface area (Å²) in [6.07, 6.45) is 1.15. The second-order valence-corrected chi connectivity index (χ2v) is 6.04. The van der Waals surface area contributed by atoms with E-state index in [1.54, 1.807) is 11.3 Å². The van der Waals surface area contributed by atoms with E-state index in [1.807, 2.05) is 25.1 Å². The molecule has 4 heteroatoms. The predicted molar refractivity (Wildman–Crippen MR) is 79.0 cm³/mol. The molecule has 2 heterocycles. The van der Waals surface area contributed by atoms with Crippen molar-refractivity contribution in [2.75, 3.05) is 11.9 Å². The summed E-state index contributed by atoms with van der Waals surface area (Å²) >= 11 is 1.75. The van der Waals surface area contributed by atoms with E-state index in [0.717, 1.165) is 35.8 Å². The first kappa shape index (κ1) is 11.1. The number of aryl methyl sites for hydroxylation is 2. The van der Waals surface area contributed by atoms with Gasteiger partial charge in [0.05, 0.1) is 17.8 Å². The van der Waals surface area contributed by atoms with Gasteiger partial charge in [-0.25, -0.2) is 4.57 Å². The Bertz CT molecular complexity index is 807. The molecule has 2 aromatic carbocycles. The molecule has 1 aliphatic heterocycles. The number of hydrogen-bond acceptors (Lipinski definition) is 3. The van der Waals surface area contributed by atoms with Crippen LogP contribution in [-0.2, 0) is 6.54 Å². The van der Waals surface area contributed by atoms with E-state index in [-0.39, 0.29) is 0 Å². The molecule has 2 N–H and O–H groups in total. The van der Waals surface area contributed by atoms with Crippen LogP contribution in [-0.4, -0.2) is 11.7 Å². The SMILES string of the molecule is Cc1c(O)c2ccccc2c2c1sc1[n+]2CCCN1. The van der Waals surface area contributed by atoms with Crippen molar-refractivity contribution in [2.24, 2.45) is 0 Å². The van der Waals surface area contributed by atoms with Crippen molar-refractivity contribution < 1.29 is 9.67 Å². The lowest BCUT2D eigenvalue weighted by atomic mass is 10.0. The third-order valence-electron chi connectivity index (χ3n) is 3.90. The summed E-state index contributed by atoms with van der Waals surface area (Å²) in [5.74, 6) is 0.419. The highest BCUT2D eigenvalue weighted by Crippen LogP contribution is 2.40. The fraction of sp³-hybridized carbons (Fsp3) is 0.267. The standard InChI is InChI=1S/C15H14N2OS/c1-9-13(18)11-6-3-2-5-10(11)12-14(9)19-15-16-7-4-8-17(12)15/h2-3,5-6,18H,4,7-8H2,1H3/p+1. The number of phenolic OH excluding ortho intramolecular Hbond substituents is 1. The normalized spacial score (nSPS) is 14.6. The molecule has 0 fully saturated rings. The molecule has 4 rings (SSSR count). The minimum atomic E-state index is 0.419. The van der Waals surface area contributed by atoms with E-state index in [4.69, 9.17) is 0 Å². The highest BCUT2D eigenvalue weighted by molar-refractivity contribution is 7.22. The first-order chi connectivity index (χ1) is 9.27. The van der Waals surface area contributed by atoms with Crippen molar-refractivity contribution in [3.63, 3.8) is 0 Å². The lowest BCUT2D eigenvalue weighted by Gasteiger charge is -2.10. The quantitative estimate of drug-likeness (QED) is 0.616. The largest absolute Gasteiger partial charge is 0.507 e. The van der Waals surface area contributed by atoms with Crippen LogP contribution in [0.15, 0.2) is 24.3 Å². The molecule has 96 valence electrons. The van der Waals surface area contributed by atoms with E-state index < -0.39 is 0 Å². The van der Waals surface area contributed by atoms with Crippen molar-refractivity contribution in [1.82, 2.24) is 0 Å². The fourth-order valence-corrected chi connectivity index (χ4v) is 4.16. The number of nitrogens with zero attached hydrogens (tertiary/aromatic N) is 1. The molecular weight excluding hydrogens is 256 g/mol. The smallest absolute Gasteiger partial charge is 0.334 e. The summed E-state index contributed by atoms with van der Waals surface area (Å²) in [5.41, 5.74) is 2.25. The molecule has 0 radical (unpaired) electrons. The van der Waals surface area contributed by atoms with Gasteiger partial charge in [0.25, 0.3) is 0 Å². The summed E-state index contributed by atoms with van der Waals surface area (Å²) in [5, 5.41) is 17.2. The van der Waals surface area contributed by atoms with Crippen LogP contribution in [0.5, 0.6) is 5.75 Å². The summed E-state index contributed by atoms with van der Waals surface area (Å²) < 4.78 is 3.55. The Morgan fingerprint density at radius 3 is 2.89 bits per heavy atom. The number of fused-ring (bicyclic) bond motifs is 5. The number of nitrogens with one attached hydrogen (secondary N) is 1. The van der Waals surface area contributed by atoms with Gasteiger partial charge in [-0.05, 0) is 24.3 Å². The van der Waals surface area contributed by atoms with Crippen LogP contribution in [0.25, 0.3) is 21.0 Å². The maximum atomic E-state index is 10.4. The van der Waals surface area contributed by atoms with Gasteiger partial charge in [0.1, 0.15) is 5.75 Å². The van der Waals surface area contributed by atoms with Crippen LogP contribution < -0.4 is 9.88 Å². The highest BCUT2D eigenvalue weighted by Gasteiger charge is 2.26. The maximum absolute atomic E-state index is 10.4. The number of thiazole rings is 1. The lowest BCUT2D eigenvalue weighted by Crippen LogP contribution is -2.40. The van der Waals surface area contributed by atoms with Crippen LogP contribution in [0, 0.1) is 6.92 Å². The first-order valence-electron chi connectivity index (χ1n) is 6.58. The van der Waals surface area contributed by atoms with Crippen molar-refractivity contribution in [3.8, 4) is 5.75 Å². The van der Waals surface area contributed by atoms with Crippen molar-refractivity contribution >= 4 is 37.5 Å². The Morgan fingerprint density at radius 1 is 1.26 bits per heavy atom. The number of rotatable bonds is 0. The van der Waals surface area contributed by atoms with Crippen LogP contribution in [0.3, 0.4) is 0 Å². The van der Waals surface area contributed by atoms with Crippen LogP contribution in [0.1, 0.15) is 12.0 Å². The van der Waals surface area contributed by atoms with Crippen LogP contribution in [0.4, 0.5) is 5.13 Å². The number of aromatic hydroxyl groups is 1. The van der Waals surface area contributed by atoms with Gasteiger partial charge in [-0.1, -0.05) is 18.2 Å². The van der Waals surface area contributed by atoms with E-state index in [0.29, 0.717) is 5.75 Å². The van der Waals surface area contributed by atoms with Gasteiger partial charge < -0.3 is 5.11 Å². The maximum Gasteiger partial charge on any atom is 0.334 e. The molecule has 0 saturated carbocycles. The zero-order chi connectivity index (χ0) is 13.0. The third kappa shape index (κ3) is 1.40. The zero-order valence-corrected chi connectivity index (χ0v) is 11.5. The predicted octanol–water partition coefficient (Wildman–Crippen LogP) is 3.17. The number of phenols is 1. The molecule has 0 atom stereocenters. The average Bonchev–Trinajstić information content (AvgIpc) is 2.84. The third-order valence-corrected chi connectivity index (χ3v) is 5.16. The zero-order valence-electron chi connectivity index (χ0n) is 10.7. The Hall–Kier alpha value is -1.81. The molecule has 0 aliphatic carbocycles. The second-order valence-electron chi connectivity index (χ2n) is 5.04. The highest BCUT2D eigenvalue weighted by atomic mass is 32.1. The molecule has 19 heavy (non-hydrogen) atoms. The molecule has 0 spiro atoms. The molecule has 1 aliphatic rings. The monoisotopic (exact) mass is 271 g/mol. The minimum Gasteiger partial charge on any atom is -0.507 e. The molecule has 0 unspecified atom stereocenters. The van der Waals surface area contributed by atoms with Gasteiger partial charge in [-0.15, -0.1) is 0 Å². The summed E-state index contributed by atoms with van der Waals surface area (Å²) in [7, 11) is 0. The van der Waals surface area contributed by atoms with Crippen molar-refractivity contribution in [2.45, 2.75) is 19.9 Å². The van der Waals surface area contributed by atoms with Gasteiger partial charge >= 0.3 is 5.13 Å². The van der Waals surface area contributed by atoms with Gasteiger partial charge in [-0.3, -0.25) is 5.32 Å². The molecule has 3 nitrogen and oxygen atoms in total. The molecule has 0 bridgehead atoms. The molecule has 0 saturated heterocycles. The summed E-state index contributed by atoms with van der Waals surface area (Å²) in [6, 6.07) is 8.12. The molecule has 1 aromatic heterocycles. The van der Waals surface area contributed by atoms with Crippen LogP contribution in [0.2, 0.25) is 0 Å². The summed E-state index contributed by atoms with van der Waals surface area (Å²) in [4.78, 5) is 0. The topological polar surface area (TPSA) is 36.1 Å². The number of aromatic nitrogens is 1. The average molecular weight is 271 g/mol. The minimum absolute atomic E-state index is 0.419. The Morgan fingerprint density at radius 2 is 2.05 bits per heavy atom. The van der Waals surface area contributed by atoms with E-state index >= 15 is 0 Å². The molecular formula is C15H15N2OS+. The van der Waals surface area contributed by atoms with Crippen molar-refractivity contribution in [3.05, 3.63) is 29.8 Å². The van der Waals surface area contributed by atoms with E-state index in [1.165, 1.54) is 15.3 Å². The van der Waals surface area contributed by atoms with Gasteiger partial charge in [0.2, 0.25) is 0 Å². The van der Waals surface area contributed by atoms with Gasteiger partial charge in [0.15, 0.2) is 5.52 Å². The first-order valence-corrected chi connectivity index (χ1v) is 7.39. The van der Waals surface area contributed by atoms with Gasteiger partial charge in [0, 0.05) is 22.8 Å². The summed E-state index contributed by atoms with van der Waals surface area (Å²) in [6.45, 7) is 4.10. The van der Waals surface area contributed by atoms with Crippen molar-refractivity contribution in [1.29, 1.82) is 0 Å². The number of benzene rings is 2. The van der Waals surface area contributed by atoms with Gasteiger partial charge in [-0.2, -0.15) is 0 Å². The van der Waals surface area contributed by atoms with E-state index in [9.17, 15) is 5.11 Å². The van der Waals surface area contributed by atoms with Crippen LogP contribution >= 0.6 is 11.3 Å². The fourth-order valence-electron chi connectivity index (χ4n) is 2.93. The lowest BCUT2D eigenvalue weighted by molar-refractivity contribution is -0.656. The Balaban J connectivity index is 2.27.